The van der Waals surface area contributed by atoms with Gasteiger partial charge in [-0.1, -0.05) is 0 Å². The Morgan fingerprint density at radius 2 is 2.00 bits per heavy atom. The first-order valence-electron chi connectivity index (χ1n) is 9.10. The van der Waals surface area contributed by atoms with Crippen LogP contribution in [0.25, 0.3) is 2.38 Å². The average Bonchev–Trinajstić information content (AvgIpc) is 2.64. The van der Waals surface area contributed by atoms with Gasteiger partial charge < -0.3 is 0 Å². The summed E-state index contributed by atoms with van der Waals surface area (Å²) in [6.07, 6.45) is 5.32. The van der Waals surface area contributed by atoms with Crippen LogP contribution in [-0.4, -0.2) is 21.7 Å². The van der Waals surface area contributed by atoms with Crippen LogP contribution in [0.1, 0.15) is 37.8 Å². The van der Waals surface area contributed by atoms with Crippen molar-refractivity contribution >= 4 is 6.12 Å². The SMILES string of the molecule is CC1=[C](c2ccc(CN3CCC(C)CC3)cc2)[Y]=[C]2[U]=[V][W]=[CH]C2=C1. The number of piperidine rings is 1. The minimum absolute atomic E-state index is 0.0592. The Labute approximate surface area is 189 Å². The van der Waals surface area contributed by atoms with E-state index in [0.717, 1.165) is 20.4 Å². The van der Waals surface area contributed by atoms with Crippen LogP contribution in [0.15, 0.2) is 41.5 Å². The summed E-state index contributed by atoms with van der Waals surface area (Å²) in [4.78, 5) is 2.64. The van der Waals surface area contributed by atoms with Crippen molar-refractivity contribution in [3.63, 3.8) is 0 Å². The van der Waals surface area contributed by atoms with Gasteiger partial charge in [0.2, 0.25) is 0 Å². The molecule has 0 N–H and O–H groups in total. The molecule has 5 heteroatoms. The summed E-state index contributed by atoms with van der Waals surface area (Å²) < 4.78 is 6.68. The quantitative estimate of drug-likeness (QED) is 0.450. The van der Waals surface area contributed by atoms with Gasteiger partial charge in [0.15, 0.2) is 0 Å². The minimum atomic E-state index is -0.655. The van der Waals surface area contributed by atoms with E-state index in [-0.39, 0.29) is 15.7 Å². The van der Waals surface area contributed by atoms with E-state index in [2.05, 4.69) is 52.8 Å². The normalized spacial score (nSPS) is 20.6. The predicted molar refractivity (Wildman–Crippen MR) is 91.9 cm³/mol. The van der Waals surface area contributed by atoms with E-state index in [1.165, 1.54) is 31.5 Å². The number of allylic oxidation sites excluding steroid dienone is 3. The number of nitrogens with zero attached hydrogens (tertiary/aromatic N) is 1. The van der Waals surface area contributed by atoms with Crippen LogP contribution in [-0.2, 0) is 58.8 Å². The van der Waals surface area contributed by atoms with Crippen molar-refractivity contribution in [2.45, 2.75) is 33.2 Å². The summed E-state index contributed by atoms with van der Waals surface area (Å²) in [5, 5.41) is 0. The summed E-state index contributed by atoms with van der Waals surface area (Å²) in [7, 11) is 0.946. The third kappa shape index (κ3) is 5.25. The van der Waals surface area contributed by atoms with E-state index < -0.39 is 52.7 Å². The number of likely N-dealkylation sites (tertiary alicyclic amines) is 1. The molecule has 0 radical (unpaired) electrons. The fourth-order valence-electron chi connectivity index (χ4n) is 3.66. The van der Waals surface area contributed by atoms with Crippen molar-refractivity contribution in [1.82, 2.24) is 4.90 Å². The summed E-state index contributed by atoms with van der Waals surface area (Å²) >= 11 is -0.989. The molecule has 1 aromatic rings. The van der Waals surface area contributed by atoms with E-state index >= 15 is 0 Å². The molecule has 3 aliphatic heterocycles. The third-order valence-electron chi connectivity index (χ3n) is 5.34. The summed E-state index contributed by atoms with van der Waals surface area (Å²) in [6.45, 7) is 8.49. The molecular formula is C20H23NUVWY. The van der Waals surface area contributed by atoms with Crippen LogP contribution in [0.3, 0.4) is 0 Å². The molecule has 0 aliphatic carbocycles. The molecule has 3 heterocycles. The molecule has 0 spiro atoms. The van der Waals surface area contributed by atoms with Gasteiger partial charge in [0.25, 0.3) is 0 Å². The number of rotatable bonds is 3. The monoisotopic (exact) mass is 839 g/mol. The number of benzene rings is 1. The molecule has 0 atom stereocenters. The summed E-state index contributed by atoms with van der Waals surface area (Å²) in [6, 6.07) is 9.71. The molecule has 0 unspecified atom stereocenters. The van der Waals surface area contributed by atoms with E-state index in [4.69, 9.17) is 0 Å². The van der Waals surface area contributed by atoms with Crippen LogP contribution in [0.4, 0.5) is 0 Å². The first-order chi connectivity index (χ1) is 12.2. The van der Waals surface area contributed by atoms with Crippen molar-refractivity contribution in [1.29, 1.82) is 0 Å². The molecule has 1 fully saturated rings. The topological polar surface area (TPSA) is 3.24 Å². The number of fused-ring (bicyclic) bond motifs is 1. The molecule has 0 amide bonds. The van der Waals surface area contributed by atoms with Crippen LogP contribution in [0.5, 0.6) is 0 Å². The zero-order chi connectivity index (χ0) is 17.2. The van der Waals surface area contributed by atoms with Gasteiger partial charge in [0.05, 0.1) is 0 Å². The Morgan fingerprint density at radius 1 is 1.24 bits per heavy atom. The second-order valence-corrected chi connectivity index (χ2v) is 56.2. The Morgan fingerprint density at radius 3 is 2.76 bits per heavy atom. The molecular weight excluding hydrogens is 816 g/mol. The average molecular weight is 839 g/mol. The Bertz CT molecular complexity index is 815. The number of hydrogen-bond donors (Lipinski definition) is 0. The van der Waals surface area contributed by atoms with Gasteiger partial charge in [-0.25, -0.2) is 0 Å². The van der Waals surface area contributed by atoms with Crippen LogP contribution in [0.2, 0.25) is 0 Å². The van der Waals surface area contributed by atoms with Crippen molar-refractivity contribution in [3.05, 3.63) is 52.6 Å². The van der Waals surface area contributed by atoms with Crippen molar-refractivity contribution in [3.8, 4) is 0 Å². The fourth-order valence-corrected chi connectivity index (χ4v) is 98.9. The Hall–Kier alpha value is 1.83. The van der Waals surface area contributed by atoms with Crippen LogP contribution >= 0.6 is 0 Å². The molecule has 25 heavy (non-hydrogen) atoms. The van der Waals surface area contributed by atoms with Crippen LogP contribution < -0.4 is 0 Å². The predicted octanol–water partition coefficient (Wildman–Crippen LogP) is 3.70. The standard InChI is InChI=1S/C20H23N.U.V.W.Y/c1-16(2)13-18(4)14-19-5-7-20(8-6-19)15-21-11-9-17(3)10-12-21;;;;/h1,5-8,13,17H,9-12,15H2,3-4H3;;;;. The molecule has 0 saturated carbocycles. The van der Waals surface area contributed by atoms with Gasteiger partial charge in [-0.2, -0.15) is 0 Å². The molecule has 0 aromatic heterocycles. The van der Waals surface area contributed by atoms with E-state index in [9.17, 15) is 0 Å². The summed E-state index contributed by atoms with van der Waals surface area (Å²) in [5.74, 6) is 0.926. The third-order valence-corrected chi connectivity index (χ3v) is 64.5. The van der Waals surface area contributed by atoms with Crippen LogP contribution in [0, 0.1) is 29.9 Å². The fraction of sp³-hybridized carbons (Fsp3) is 0.400. The Balaban J connectivity index is 1.51. The first-order valence-corrected chi connectivity index (χ1v) is 30.1. The number of hydrogen-bond acceptors (Lipinski definition) is 1. The maximum absolute atomic E-state index is 2.74. The molecule has 3 aliphatic rings. The zero-order valence-corrected chi connectivity index (χ0v) is 26.3. The molecule has 126 valence electrons. The second kappa shape index (κ2) is 9.55. The molecule has 1 aromatic carbocycles. The van der Waals surface area contributed by atoms with Gasteiger partial charge in [0.1, 0.15) is 0 Å². The van der Waals surface area contributed by atoms with E-state index in [0.29, 0.717) is 0 Å². The van der Waals surface area contributed by atoms with Crippen molar-refractivity contribution < 1.29 is 76.3 Å². The summed E-state index contributed by atoms with van der Waals surface area (Å²) in [5.41, 5.74) is 6.47. The van der Waals surface area contributed by atoms with Gasteiger partial charge in [-0.3, -0.25) is 0 Å². The molecule has 4 rings (SSSR count). The first kappa shape index (κ1) is 20.1. The second-order valence-electron chi connectivity index (χ2n) is 7.34. The Kier molecular flexibility index (Phi) is 7.69. The van der Waals surface area contributed by atoms with E-state index in [1.54, 1.807) is 16.7 Å². The van der Waals surface area contributed by atoms with Gasteiger partial charge in [-0.15, -0.1) is 0 Å². The zero-order valence-electron chi connectivity index (χ0n) is 15.0. The van der Waals surface area contributed by atoms with Gasteiger partial charge in [-0.05, 0) is 0 Å². The molecule has 1 nitrogen and oxygen atoms in total. The van der Waals surface area contributed by atoms with E-state index in [1.807, 2.05) is 2.38 Å². The van der Waals surface area contributed by atoms with Gasteiger partial charge >= 0.3 is 192 Å². The van der Waals surface area contributed by atoms with Crippen molar-refractivity contribution in [2.24, 2.45) is 5.92 Å². The molecule has 1 saturated heterocycles. The molecule has 0 bridgehead atoms. The van der Waals surface area contributed by atoms with Gasteiger partial charge in [0, 0.05) is 0 Å². The van der Waals surface area contributed by atoms with Crippen molar-refractivity contribution in [2.75, 3.05) is 13.1 Å². The maximum atomic E-state index is 2.74.